The molecule has 1 aromatic carbocycles. The van der Waals surface area contributed by atoms with E-state index in [0.29, 0.717) is 5.92 Å². The molecule has 132 valence electrons. The fraction of sp³-hybridized carbons (Fsp3) is 0.550. The van der Waals surface area contributed by atoms with Crippen molar-refractivity contribution >= 4 is 5.97 Å². The molecule has 1 aliphatic rings. The quantitative estimate of drug-likeness (QED) is 0.674. The highest BCUT2D eigenvalue weighted by atomic mass is 16.4. The summed E-state index contributed by atoms with van der Waals surface area (Å²) < 4.78 is 0. The van der Waals surface area contributed by atoms with Crippen LogP contribution in [0.2, 0.25) is 0 Å². The zero-order chi connectivity index (χ0) is 17.9. The summed E-state index contributed by atoms with van der Waals surface area (Å²) in [5, 5.41) is 29.3. The Morgan fingerprint density at radius 1 is 1.33 bits per heavy atom. The minimum absolute atomic E-state index is 0.00477. The smallest absolute Gasteiger partial charge is 0.335 e. The van der Waals surface area contributed by atoms with E-state index in [1.165, 1.54) is 11.6 Å². The second-order valence-corrected chi connectivity index (χ2v) is 7.20. The summed E-state index contributed by atoms with van der Waals surface area (Å²) in [5.41, 5.74) is 3.07. The fourth-order valence-corrected chi connectivity index (χ4v) is 3.83. The molecule has 0 aromatic heterocycles. The summed E-state index contributed by atoms with van der Waals surface area (Å²) in [7, 11) is 0. The number of carboxylic acids is 1. The Morgan fingerprint density at radius 3 is 2.62 bits per heavy atom. The highest BCUT2D eigenvalue weighted by molar-refractivity contribution is 5.88. The maximum atomic E-state index is 11.3. The third-order valence-electron chi connectivity index (χ3n) is 5.15. The van der Waals surface area contributed by atoms with Gasteiger partial charge in [-0.3, -0.25) is 0 Å². The molecule has 4 heteroatoms. The molecule has 2 rings (SSSR count). The maximum absolute atomic E-state index is 11.3. The van der Waals surface area contributed by atoms with E-state index in [1.54, 1.807) is 6.07 Å². The molecule has 1 aromatic rings. The van der Waals surface area contributed by atoms with Crippen molar-refractivity contribution in [2.75, 3.05) is 6.61 Å². The van der Waals surface area contributed by atoms with Gasteiger partial charge in [0, 0.05) is 11.5 Å². The van der Waals surface area contributed by atoms with E-state index < -0.39 is 5.97 Å². The van der Waals surface area contributed by atoms with Gasteiger partial charge in [0.1, 0.15) is 5.75 Å². The standard InChI is InChI=1S/C20H28O4/c1-12(2)5-4-6-13(3)16-8-7-14(11-21)19-17(16)9-15(20(23)24)10-18(19)22/h5,9-10,13-14,16,21-22H,4,6-8,11H2,1-3H3,(H,23,24). The van der Waals surface area contributed by atoms with Gasteiger partial charge in [-0.2, -0.15) is 0 Å². The number of aromatic hydroxyl groups is 1. The number of rotatable bonds is 6. The summed E-state index contributed by atoms with van der Waals surface area (Å²) in [5.74, 6) is -0.523. The molecule has 4 nitrogen and oxygen atoms in total. The van der Waals surface area contributed by atoms with Crippen molar-refractivity contribution in [2.24, 2.45) is 5.92 Å². The number of aliphatic hydroxyl groups excluding tert-OH is 1. The van der Waals surface area contributed by atoms with Gasteiger partial charge in [-0.1, -0.05) is 18.6 Å². The summed E-state index contributed by atoms with van der Waals surface area (Å²) in [6, 6.07) is 3.00. The molecule has 0 saturated carbocycles. The molecule has 0 heterocycles. The lowest BCUT2D eigenvalue weighted by atomic mass is 9.70. The molecule has 24 heavy (non-hydrogen) atoms. The minimum atomic E-state index is -1.03. The monoisotopic (exact) mass is 332 g/mol. The average molecular weight is 332 g/mol. The Labute approximate surface area is 143 Å². The van der Waals surface area contributed by atoms with E-state index in [4.69, 9.17) is 0 Å². The van der Waals surface area contributed by atoms with Gasteiger partial charge >= 0.3 is 5.97 Å². The van der Waals surface area contributed by atoms with Crippen molar-refractivity contribution in [1.82, 2.24) is 0 Å². The third kappa shape index (κ3) is 3.99. The Balaban J connectivity index is 2.36. The molecular weight excluding hydrogens is 304 g/mol. The number of phenols is 1. The molecule has 0 radical (unpaired) electrons. The number of hydrogen-bond donors (Lipinski definition) is 3. The highest BCUT2D eigenvalue weighted by Gasteiger charge is 2.33. The van der Waals surface area contributed by atoms with Crippen LogP contribution in [0.1, 0.15) is 79.8 Å². The summed E-state index contributed by atoms with van der Waals surface area (Å²) in [6.07, 6.45) is 5.99. The van der Waals surface area contributed by atoms with E-state index in [-0.39, 0.29) is 29.8 Å². The van der Waals surface area contributed by atoms with Crippen LogP contribution in [0.15, 0.2) is 23.8 Å². The topological polar surface area (TPSA) is 77.8 Å². The number of fused-ring (bicyclic) bond motifs is 1. The van der Waals surface area contributed by atoms with Crippen LogP contribution in [-0.2, 0) is 0 Å². The van der Waals surface area contributed by atoms with Crippen LogP contribution in [0.4, 0.5) is 0 Å². The van der Waals surface area contributed by atoms with E-state index in [0.717, 1.165) is 36.8 Å². The van der Waals surface area contributed by atoms with Crippen LogP contribution in [0, 0.1) is 5.92 Å². The largest absolute Gasteiger partial charge is 0.508 e. The molecule has 3 atom stereocenters. The molecule has 0 bridgehead atoms. The first-order chi connectivity index (χ1) is 11.3. The SMILES string of the molecule is CC(C)=CCCC(C)C1CCC(CO)c2c(O)cc(C(=O)O)cc21. The van der Waals surface area contributed by atoms with E-state index in [1.807, 2.05) is 0 Å². The first kappa shape index (κ1) is 18.5. The van der Waals surface area contributed by atoms with Crippen molar-refractivity contribution in [3.8, 4) is 5.75 Å². The lowest BCUT2D eigenvalue weighted by Gasteiger charge is -2.35. The van der Waals surface area contributed by atoms with Gasteiger partial charge in [-0.05, 0) is 69.1 Å². The second kappa shape index (κ2) is 7.84. The zero-order valence-corrected chi connectivity index (χ0v) is 14.7. The van der Waals surface area contributed by atoms with Gasteiger partial charge in [0.05, 0.1) is 12.2 Å². The summed E-state index contributed by atoms with van der Waals surface area (Å²) in [6.45, 7) is 6.34. The molecule has 0 fully saturated rings. The predicted octanol–water partition coefficient (Wildman–Crippen LogP) is 4.43. The van der Waals surface area contributed by atoms with Gasteiger partial charge in [0.15, 0.2) is 0 Å². The normalized spacial score (nSPS) is 21.0. The van der Waals surface area contributed by atoms with Crippen LogP contribution >= 0.6 is 0 Å². The number of allylic oxidation sites excluding steroid dienone is 2. The van der Waals surface area contributed by atoms with Crippen LogP contribution in [-0.4, -0.2) is 27.9 Å². The van der Waals surface area contributed by atoms with Crippen LogP contribution in [0.25, 0.3) is 0 Å². The third-order valence-corrected chi connectivity index (χ3v) is 5.15. The van der Waals surface area contributed by atoms with E-state index in [9.17, 15) is 20.1 Å². The van der Waals surface area contributed by atoms with Gasteiger partial charge < -0.3 is 15.3 Å². The first-order valence-electron chi connectivity index (χ1n) is 8.69. The number of carboxylic acid groups (broad SMARTS) is 1. The summed E-state index contributed by atoms with van der Waals surface area (Å²) >= 11 is 0. The Bertz CT molecular complexity index is 629. The number of aliphatic hydroxyl groups is 1. The number of phenolic OH excluding ortho intramolecular Hbond substituents is 1. The van der Waals surface area contributed by atoms with E-state index >= 15 is 0 Å². The Hall–Kier alpha value is -1.81. The van der Waals surface area contributed by atoms with Crippen LogP contribution in [0.5, 0.6) is 5.75 Å². The van der Waals surface area contributed by atoms with Gasteiger partial charge in [-0.15, -0.1) is 0 Å². The molecule has 0 saturated heterocycles. The molecule has 0 aliphatic heterocycles. The predicted molar refractivity (Wildman–Crippen MR) is 94.7 cm³/mol. The number of benzene rings is 1. The molecule has 0 spiro atoms. The van der Waals surface area contributed by atoms with Crippen LogP contribution in [0.3, 0.4) is 0 Å². The number of carbonyl (C=O) groups is 1. The van der Waals surface area contributed by atoms with Crippen molar-refractivity contribution in [1.29, 1.82) is 0 Å². The molecular formula is C20H28O4. The summed E-state index contributed by atoms with van der Waals surface area (Å²) in [4.78, 5) is 11.3. The van der Waals surface area contributed by atoms with Crippen molar-refractivity contribution in [3.63, 3.8) is 0 Å². The molecule has 3 N–H and O–H groups in total. The number of aromatic carboxylic acids is 1. The average Bonchev–Trinajstić information content (AvgIpc) is 2.52. The maximum Gasteiger partial charge on any atom is 0.335 e. The molecule has 0 amide bonds. The molecule has 3 unspecified atom stereocenters. The Morgan fingerprint density at radius 2 is 2.04 bits per heavy atom. The van der Waals surface area contributed by atoms with Gasteiger partial charge in [0.2, 0.25) is 0 Å². The second-order valence-electron chi connectivity index (χ2n) is 7.20. The lowest BCUT2D eigenvalue weighted by Crippen LogP contribution is -2.22. The van der Waals surface area contributed by atoms with Crippen molar-refractivity contribution in [2.45, 2.75) is 58.3 Å². The first-order valence-corrected chi connectivity index (χ1v) is 8.69. The molecule has 1 aliphatic carbocycles. The van der Waals surface area contributed by atoms with Gasteiger partial charge in [-0.25, -0.2) is 4.79 Å². The lowest BCUT2D eigenvalue weighted by molar-refractivity contribution is 0.0696. The minimum Gasteiger partial charge on any atom is -0.508 e. The fourth-order valence-electron chi connectivity index (χ4n) is 3.83. The Kier molecular flexibility index (Phi) is 6.05. The van der Waals surface area contributed by atoms with E-state index in [2.05, 4.69) is 26.8 Å². The highest BCUT2D eigenvalue weighted by Crippen LogP contribution is 2.47. The van der Waals surface area contributed by atoms with Crippen molar-refractivity contribution < 1.29 is 20.1 Å². The van der Waals surface area contributed by atoms with Gasteiger partial charge in [0.25, 0.3) is 0 Å². The van der Waals surface area contributed by atoms with Crippen LogP contribution < -0.4 is 0 Å². The number of hydrogen-bond acceptors (Lipinski definition) is 3. The van der Waals surface area contributed by atoms with Crippen molar-refractivity contribution in [3.05, 3.63) is 40.5 Å². The zero-order valence-electron chi connectivity index (χ0n) is 14.7.